The fourth-order valence-corrected chi connectivity index (χ4v) is 4.49. The Kier molecular flexibility index (Phi) is 6.44. The van der Waals surface area contributed by atoms with Crippen molar-refractivity contribution in [1.82, 2.24) is 0 Å². The van der Waals surface area contributed by atoms with E-state index in [1.807, 2.05) is 38.1 Å². The third-order valence-electron chi connectivity index (χ3n) is 4.49. The Bertz CT molecular complexity index is 1040. The van der Waals surface area contributed by atoms with Crippen molar-refractivity contribution in [2.24, 2.45) is 0 Å². The number of ether oxygens (including phenoxy) is 2. The van der Waals surface area contributed by atoms with Gasteiger partial charge in [0, 0.05) is 0 Å². The summed E-state index contributed by atoms with van der Waals surface area (Å²) in [6.07, 6.45) is 0. The summed E-state index contributed by atoms with van der Waals surface area (Å²) in [5.74, 6) is 1.31. The third kappa shape index (κ3) is 4.90. The average molecular weight is 412 g/mol. The predicted molar refractivity (Wildman–Crippen MR) is 115 cm³/mol. The molecule has 0 N–H and O–H groups in total. The van der Waals surface area contributed by atoms with Gasteiger partial charge in [-0.1, -0.05) is 29.8 Å². The molecule has 0 saturated heterocycles. The molecule has 0 radical (unpaired) electrons. The number of anilines is 1. The SMILES string of the molecule is CCOc1ccc(N(Cc2cccc(C)c2)S(=O)(=O)c2ccc(OC)cc2)cc1. The minimum atomic E-state index is -3.78. The van der Waals surface area contributed by atoms with E-state index in [4.69, 9.17) is 9.47 Å². The smallest absolute Gasteiger partial charge is 0.264 e. The van der Waals surface area contributed by atoms with E-state index in [0.717, 1.165) is 11.1 Å². The molecule has 0 aliphatic heterocycles. The quantitative estimate of drug-likeness (QED) is 0.534. The topological polar surface area (TPSA) is 55.8 Å². The first-order valence-electron chi connectivity index (χ1n) is 9.39. The number of hydrogen-bond donors (Lipinski definition) is 0. The zero-order valence-corrected chi connectivity index (χ0v) is 17.6. The normalized spacial score (nSPS) is 11.1. The second kappa shape index (κ2) is 9.01. The van der Waals surface area contributed by atoms with Gasteiger partial charge < -0.3 is 9.47 Å². The maximum Gasteiger partial charge on any atom is 0.264 e. The highest BCUT2D eigenvalue weighted by atomic mass is 32.2. The van der Waals surface area contributed by atoms with Gasteiger partial charge in [-0.05, 0) is 67.9 Å². The number of aryl methyl sites for hydroxylation is 1. The predicted octanol–water partition coefficient (Wildman–Crippen LogP) is 4.80. The van der Waals surface area contributed by atoms with E-state index in [0.29, 0.717) is 23.8 Å². The molecule has 0 amide bonds. The Balaban J connectivity index is 2.02. The van der Waals surface area contributed by atoms with Crippen LogP contribution < -0.4 is 13.8 Å². The molecule has 3 rings (SSSR count). The van der Waals surface area contributed by atoms with Crippen molar-refractivity contribution in [2.45, 2.75) is 25.3 Å². The van der Waals surface area contributed by atoms with Gasteiger partial charge in [-0.15, -0.1) is 0 Å². The molecule has 152 valence electrons. The van der Waals surface area contributed by atoms with E-state index in [-0.39, 0.29) is 11.4 Å². The van der Waals surface area contributed by atoms with Crippen LogP contribution in [0.4, 0.5) is 5.69 Å². The number of benzene rings is 3. The van der Waals surface area contributed by atoms with Gasteiger partial charge >= 0.3 is 0 Å². The molecular formula is C23H25NO4S. The fourth-order valence-electron chi connectivity index (χ4n) is 3.04. The highest BCUT2D eigenvalue weighted by Gasteiger charge is 2.25. The zero-order chi connectivity index (χ0) is 20.9. The van der Waals surface area contributed by atoms with Gasteiger partial charge in [0.2, 0.25) is 0 Å². The fraction of sp³-hybridized carbons (Fsp3) is 0.217. The van der Waals surface area contributed by atoms with Crippen molar-refractivity contribution in [3.8, 4) is 11.5 Å². The van der Waals surface area contributed by atoms with Crippen LogP contribution in [0.2, 0.25) is 0 Å². The molecule has 0 aliphatic rings. The summed E-state index contributed by atoms with van der Waals surface area (Å²) >= 11 is 0. The van der Waals surface area contributed by atoms with Gasteiger partial charge in [0.1, 0.15) is 11.5 Å². The summed E-state index contributed by atoms with van der Waals surface area (Å²) in [7, 11) is -2.23. The molecule has 29 heavy (non-hydrogen) atoms. The second-order valence-corrected chi connectivity index (χ2v) is 8.47. The molecule has 3 aromatic carbocycles. The van der Waals surface area contributed by atoms with E-state index in [9.17, 15) is 8.42 Å². The van der Waals surface area contributed by atoms with Gasteiger partial charge in [-0.2, -0.15) is 0 Å². The van der Waals surface area contributed by atoms with E-state index >= 15 is 0 Å². The summed E-state index contributed by atoms with van der Waals surface area (Å²) in [6.45, 7) is 4.68. The van der Waals surface area contributed by atoms with Crippen LogP contribution in [-0.2, 0) is 16.6 Å². The van der Waals surface area contributed by atoms with Gasteiger partial charge in [0.25, 0.3) is 10.0 Å². The van der Waals surface area contributed by atoms with Crippen LogP contribution in [0.3, 0.4) is 0 Å². The molecule has 0 fully saturated rings. The van der Waals surface area contributed by atoms with Crippen LogP contribution in [0.5, 0.6) is 11.5 Å². The van der Waals surface area contributed by atoms with E-state index in [1.165, 1.54) is 4.31 Å². The molecule has 0 saturated carbocycles. The lowest BCUT2D eigenvalue weighted by Crippen LogP contribution is -2.30. The molecule has 0 aliphatic carbocycles. The summed E-state index contributed by atoms with van der Waals surface area (Å²) < 4.78 is 39.0. The van der Waals surface area contributed by atoms with Crippen molar-refractivity contribution in [2.75, 3.05) is 18.0 Å². The first kappa shape index (κ1) is 20.7. The third-order valence-corrected chi connectivity index (χ3v) is 6.28. The summed E-state index contributed by atoms with van der Waals surface area (Å²) in [6, 6.07) is 21.4. The molecule has 5 nitrogen and oxygen atoms in total. The lowest BCUT2D eigenvalue weighted by atomic mass is 10.1. The molecular weight excluding hydrogens is 386 g/mol. The summed E-state index contributed by atoms with van der Waals surface area (Å²) in [5, 5.41) is 0. The van der Waals surface area contributed by atoms with Crippen molar-refractivity contribution in [3.63, 3.8) is 0 Å². The largest absolute Gasteiger partial charge is 0.497 e. The van der Waals surface area contributed by atoms with E-state index in [1.54, 1.807) is 55.6 Å². The highest BCUT2D eigenvalue weighted by Crippen LogP contribution is 2.29. The Morgan fingerprint density at radius 3 is 2.14 bits per heavy atom. The molecule has 6 heteroatoms. The van der Waals surface area contributed by atoms with Gasteiger partial charge in [0.05, 0.1) is 30.8 Å². The van der Waals surface area contributed by atoms with Gasteiger partial charge in [0.15, 0.2) is 0 Å². The van der Waals surface area contributed by atoms with E-state index in [2.05, 4.69) is 0 Å². The first-order valence-corrected chi connectivity index (χ1v) is 10.8. The molecule has 0 spiro atoms. The maximum absolute atomic E-state index is 13.5. The standard InChI is InChI=1S/C23H25NO4S/c1-4-28-22-10-8-20(9-11-22)24(17-19-7-5-6-18(2)16-19)29(25,26)23-14-12-21(27-3)13-15-23/h5-16H,4,17H2,1-3H3. The summed E-state index contributed by atoms with van der Waals surface area (Å²) in [5.41, 5.74) is 2.57. The first-order chi connectivity index (χ1) is 13.9. The molecule has 0 heterocycles. The minimum Gasteiger partial charge on any atom is -0.497 e. The monoisotopic (exact) mass is 411 g/mol. The van der Waals surface area contributed by atoms with Crippen molar-refractivity contribution < 1.29 is 17.9 Å². The molecule has 0 bridgehead atoms. The van der Waals surface area contributed by atoms with Gasteiger partial charge in [-0.3, -0.25) is 4.31 Å². The Morgan fingerprint density at radius 1 is 0.897 bits per heavy atom. The molecule has 3 aromatic rings. The van der Waals surface area contributed by atoms with Crippen LogP contribution in [-0.4, -0.2) is 22.1 Å². The van der Waals surface area contributed by atoms with Crippen molar-refractivity contribution >= 4 is 15.7 Å². The maximum atomic E-state index is 13.5. The number of rotatable bonds is 8. The summed E-state index contributed by atoms with van der Waals surface area (Å²) in [4.78, 5) is 0.208. The molecule has 0 unspecified atom stereocenters. The average Bonchev–Trinajstić information content (AvgIpc) is 2.73. The zero-order valence-electron chi connectivity index (χ0n) is 16.8. The van der Waals surface area contributed by atoms with E-state index < -0.39 is 10.0 Å². The lowest BCUT2D eigenvalue weighted by molar-refractivity contribution is 0.340. The van der Waals surface area contributed by atoms with Crippen LogP contribution in [0, 0.1) is 6.92 Å². The van der Waals surface area contributed by atoms with Crippen LogP contribution >= 0.6 is 0 Å². The van der Waals surface area contributed by atoms with Crippen LogP contribution in [0.1, 0.15) is 18.1 Å². The Hall–Kier alpha value is -2.99. The molecule has 0 aromatic heterocycles. The Labute approximate surface area is 172 Å². The number of sulfonamides is 1. The van der Waals surface area contributed by atoms with Crippen molar-refractivity contribution in [1.29, 1.82) is 0 Å². The molecule has 0 atom stereocenters. The Morgan fingerprint density at radius 2 is 1.55 bits per heavy atom. The minimum absolute atomic E-state index is 0.208. The lowest BCUT2D eigenvalue weighted by Gasteiger charge is -2.25. The second-order valence-electron chi connectivity index (χ2n) is 6.60. The highest BCUT2D eigenvalue weighted by molar-refractivity contribution is 7.92. The van der Waals surface area contributed by atoms with Gasteiger partial charge in [-0.25, -0.2) is 8.42 Å². The van der Waals surface area contributed by atoms with Crippen LogP contribution in [0.25, 0.3) is 0 Å². The number of methoxy groups -OCH3 is 1. The van der Waals surface area contributed by atoms with Crippen molar-refractivity contribution in [3.05, 3.63) is 83.9 Å². The van der Waals surface area contributed by atoms with Crippen LogP contribution in [0.15, 0.2) is 77.7 Å². The number of nitrogens with zero attached hydrogens (tertiary/aromatic N) is 1. The number of hydrogen-bond acceptors (Lipinski definition) is 4.